The fourth-order valence-electron chi connectivity index (χ4n) is 2.02. The Morgan fingerprint density at radius 2 is 1.33 bits per heavy atom. The predicted octanol–water partition coefficient (Wildman–Crippen LogP) is 5.07. The molecule has 0 aromatic carbocycles. The number of aliphatic hydroxyl groups excluding tert-OH is 1. The van der Waals surface area contributed by atoms with Gasteiger partial charge in [-0.15, -0.1) is 5.92 Å². The number of hydrogen-bond acceptors (Lipinski definition) is 1. The lowest BCUT2D eigenvalue weighted by molar-refractivity contribution is 0.217. The second-order valence-corrected chi connectivity index (χ2v) is 5.20. The molecule has 0 heterocycles. The Morgan fingerprint density at radius 3 is 2.00 bits per heavy atom. The minimum atomic E-state index is -0.388. The molecule has 1 heteroatoms. The summed E-state index contributed by atoms with van der Waals surface area (Å²) in [4.78, 5) is 0. The minimum Gasteiger partial charge on any atom is -0.380 e. The van der Waals surface area contributed by atoms with E-state index in [1.54, 1.807) is 0 Å². The van der Waals surface area contributed by atoms with Crippen molar-refractivity contribution in [3.63, 3.8) is 0 Å². The fourth-order valence-corrected chi connectivity index (χ4v) is 2.02. The molecule has 18 heavy (non-hydrogen) atoms. The zero-order chi connectivity index (χ0) is 13.5. The molecule has 0 aromatic heterocycles. The maximum atomic E-state index is 9.60. The fraction of sp³-hybridized carbons (Fsp3) is 0.882. The highest BCUT2D eigenvalue weighted by Crippen LogP contribution is 2.08. The summed E-state index contributed by atoms with van der Waals surface area (Å²) >= 11 is 0. The molecule has 0 fully saturated rings. The topological polar surface area (TPSA) is 20.2 Å². The van der Waals surface area contributed by atoms with E-state index >= 15 is 0 Å². The molecule has 0 aromatic rings. The first-order valence-electron chi connectivity index (χ1n) is 7.97. The predicted molar refractivity (Wildman–Crippen MR) is 80.5 cm³/mol. The summed E-state index contributed by atoms with van der Waals surface area (Å²) in [7, 11) is 0. The Hall–Kier alpha value is -0.480. The number of hydrogen-bond donors (Lipinski definition) is 1. The molecule has 0 aliphatic rings. The highest BCUT2D eigenvalue weighted by Gasteiger charge is 1.97. The van der Waals surface area contributed by atoms with Gasteiger partial charge >= 0.3 is 0 Å². The van der Waals surface area contributed by atoms with Gasteiger partial charge in [0.15, 0.2) is 0 Å². The van der Waals surface area contributed by atoms with Crippen LogP contribution < -0.4 is 0 Å². The van der Waals surface area contributed by atoms with E-state index in [0.717, 1.165) is 19.3 Å². The summed E-state index contributed by atoms with van der Waals surface area (Å²) in [5.41, 5.74) is 0. The Labute approximate surface area is 114 Å². The van der Waals surface area contributed by atoms with E-state index in [0.29, 0.717) is 0 Å². The zero-order valence-corrected chi connectivity index (χ0v) is 12.5. The average molecular weight is 252 g/mol. The van der Waals surface area contributed by atoms with Crippen LogP contribution in [0.2, 0.25) is 0 Å². The van der Waals surface area contributed by atoms with Gasteiger partial charge in [-0.3, -0.25) is 0 Å². The summed E-state index contributed by atoms with van der Waals surface area (Å²) in [6.07, 6.45) is 14.2. The van der Waals surface area contributed by atoms with Crippen LogP contribution in [0.1, 0.15) is 90.9 Å². The van der Waals surface area contributed by atoms with E-state index in [1.165, 1.54) is 57.8 Å². The molecule has 0 rings (SSSR count). The quantitative estimate of drug-likeness (QED) is 0.402. The number of aliphatic hydroxyl groups is 1. The lowest BCUT2D eigenvalue weighted by Crippen LogP contribution is -2.01. The van der Waals surface area contributed by atoms with Crippen molar-refractivity contribution in [1.82, 2.24) is 0 Å². The van der Waals surface area contributed by atoms with Crippen molar-refractivity contribution >= 4 is 0 Å². The third-order valence-electron chi connectivity index (χ3n) is 3.26. The van der Waals surface area contributed by atoms with Crippen LogP contribution in [0.5, 0.6) is 0 Å². The van der Waals surface area contributed by atoms with Crippen LogP contribution >= 0.6 is 0 Å². The van der Waals surface area contributed by atoms with Crippen LogP contribution in [-0.2, 0) is 0 Å². The van der Waals surface area contributed by atoms with Gasteiger partial charge in [0.25, 0.3) is 0 Å². The van der Waals surface area contributed by atoms with Gasteiger partial charge in [0, 0.05) is 6.42 Å². The Balaban J connectivity index is 3.26. The molecule has 0 saturated carbocycles. The zero-order valence-electron chi connectivity index (χ0n) is 12.5. The number of rotatable bonds is 11. The molecule has 0 aliphatic heterocycles. The van der Waals surface area contributed by atoms with Crippen molar-refractivity contribution in [2.24, 2.45) is 0 Å². The van der Waals surface area contributed by atoms with Crippen LogP contribution in [0.25, 0.3) is 0 Å². The van der Waals surface area contributed by atoms with E-state index in [2.05, 4.69) is 25.7 Å². The maximum Gasteiger partial charge on any atom is 0.114 e. The SMILES string of the molecule is CCCCCCCCCC#CC(O)CCCCC. The van der Waals surface area contributed by atoms with Crippen molar-refractivity contribution in [2.75, 3.05) is 0 Å². The van der Waals surface area contributed by atoms with Gasteiger partial charge in [-0.1, -0.05) is 71.1 Å². The average Bonchev–Trinajstić information content (AvgIpc) is 2.37. The van der Waals surface area contributed by atoms with Crippen LogP contribution in [0.15, 0.2) is 0 Å². The summed E-state index contributed by atoms with van der Waals surface area (Å²) in [6.45, 7) is 4.43. The molecule has 0 amide bonds. The second-order valence-electron chi connectivity index (χ2n) is 5.20. The molecular weight excluding hydrogens is 220 g/mol. The van der Waals surface area contributed by atoms with Gasteiger partial charge in [-0.2, -0.15) is 0 Å². The molecule has 0 saturated heterocycles. The van der Waals surface area contributed by atoms with Crippen molar-refractivity contribution in [1.29, 1.82) is 0 Å². The summed E-state index contributed by atoms with van der Waals surface area (Å²) < 4.78 is 0. The Morgan fingerprint density at radius 1 is 0.778 bits per heavy atom. The van der Waals surface area contributed by atoms with Crippen LogP contribution in [0, 0.1) is 11.8 Å². The Bertz CT molecular complexity index is 211. The molecule has 0 radical (unpaired) electrons. The minimum absolute atomic E-state index is 0.388. The van der Waals surface area contributed by atoms with Crippen LogP contribution in [-0.4, -0.2) is 11.2 Å². The van der Waals surface area contributed by atoms with Gasteiger partial charge in [-0.05, 0) is 19.3 Å². The molecule has 1 N–H and O–H groups in total. The smallest absolute Gasteiger partial charge is 0.114 e. The molecule has 106 valence electrons. The molecule has 1 unspecified atom stereocenters. The maximum absolute atomic E-state index is 9.60. The normalized spacial score (nSPS) is 11.9. The van der Waals surface area contributed by atoms with E-state index in [9.17, 15) is 5.11 Å². The largest absolute Gasteiger partial charge is 0.380 e. The summed E-state index contributed by atoms with van der Waals surface area (Å²) in [5, 5.41) is 9.60. The molecule has 0 aliphatic carbocycles. The Kier molecular flexibility index (Phi) is 14.2. The number of unbranched alkanes of at least 4 members (excludes halogenated alkanes) is 9. The highest BCUT2D eigenvalue weighted by atomic mass is 16.3. The van der Waals surface area contributed by atoms with Crippen LogP contribution in [0.3, 0.4) is 0 Å². The standard InChI is InChI=1S/C17H32O/c1-3-5-7-8-9-10-11-12-14-16-17(18)15-13-6-4-2/h17-18H,3-13,15H2,1-2H3. The van der Waals surface area contributed by atoms with E-state index in [-0.39, 0.29) is 6.10 Å². The first kappa shape index (κ1) is 17.5. The highest BCUT2D eigenvalue weighted by molar-refractivity contribution is 5.04. The first-order chi connectivity index (χ1) is 8.81. The molecule has 1 nitrogen and oxygen atoms in total. The van der Waals surface area contributed by atoms with Crippen molar-refractivity contribution in [3.8, 4) is 11.8 Å². The molecule has 1 atom stereocenters. The lowest BCUT2D eigenvalue weighted by Gasteiger charge is -2.01. The summed E-state index contributed by atoms with van der Waals surface area (Å²) in [6, 6.07) is 0. The lowest BCUT2D eigenvalue weighted by atomic mass is 10.1. The second kappa shape index (κ2) is 14.6. The third kappa shape index (κ3) is 13.6. The van der Waals surface area contributed by atoms with E-state index in [4.69, 9.17) is 0 Å². The van der Waals surface area contributed by atoms with Gasteiger partial charge in [0.05, 0.1) is 0 Å². The molecular formula is C17H32O. The third-order valence-corrected chi connectivity index (χ3v) is 3.26. The molecule has 0 bridgehead atoms. The van der Waals surface area contributed by atoms with Crippen molar-refractivity contribution in [3.05, 3.63) is 0 Å². The molecule has 0 spiro atoms. The van der Waals surface area contributed by atoms with Gasteiger partial charge in [-0.25, -0.2) is 0 Å². The van der Waals surface area contributed by atoms with E-state index in [1.807, 2.05) is 0 Å². The first-order valence-corrected chi connectivity index (χ1v) is 7.97. The van der Waals surface area contributed by atoms with Crippen molar-refractivity contribution in [2.45, 2.75) is 97.0 Å². The summed E-state index contributed by atoms with van der Waals surface area (Å²) in [5.74, 6) is 6.07. The van der Waals surface area contributed by atoms with Gasteiger partial charge < -0.3 is 5.11 Å². The monoisotopic (exact) mass is 252 g/mol. The van der Waals surface area contributed by atoms with Crippen molar-refractivity contribution < 1.29 is 5.11 Å². The van der Waals surface area contributed by atoms with Gasteiger partial charge in [0.1, 0.15) is 6.10 Å². The van der Waals surface area contributed by atoms with Crippen LogP contribution in [0.4, 0.5) is 0 Å². The van der Waals surface area contributed by atoms with Gasteiger partial charge in [0.2, 0.25) is 0 Å². The van der Waals surface area contributed by atoms with E-state index < -0.39 is 0 Å².